The largest absolute Gasteiger partial charge is 0.486 e. The fourth-order valence-electron chi connectivity index (χ4n) is 3.94. The summed E-state index contributed by atoms with van der Waals surface area (Å²) in [4.78, 5) is 22.2. The van der Waals surface area contributed by atoms with E-state index in [0.29, 0.717) is 31.3 Å². The van der Waals surface area contributed by atoms with Crippen molar-refractivity contribution in [2.24, 2.45) is 0 Å². The van der Waals surface area contributed by atoms with Gasteiger partial charge in [-0.25, -0.2) is 19.2 Å². The summed E-state index contributed by atoms with van der Waals surface area (Å²) in [5.74, 6) is -0.821. The zero-order valence-corrected chi connectivity index (χ0v) is 23.3. The molecule has 8 nitrogen and oxygen atoms in total. The number of halogens is 6. The maximum Gasteiger partial charge on any atom is 0.422 e. The van der Waals surface area contributed by atoms with Crippen LogP contribution in [0.2, 0.25) is 10.0 Å². The lowest BCUT2D eigenvalue weighted by Crippen LogP contribution is -2.44. The van der Waals surface area contributed by atoms with Gasteiger partial charge in [0, 0.05) is 37.4 Å². The molecular weight excluding hydrogens is 579 g/mol. The number of fused-ring (bicyclic) bond motifs is 1. The van der Waals surface area contributed by atoms with E-state index in [1.54, 1.807) is 25.7 Å². The van der Waals surface area contributed by atoms with Crippen LogP contribution in [0.1, 0.15) is 33.6 Å². The van der Waals surface area contributed by atoms with Gasteiger partial charge in [0.1, 0.15) is 23.9 Å². The number of aromatic nitrogens is 2. The lowest BCUT2D eigenvalue weighted by atomic mass is 10.1. The fourth-order valence-corrected chi connectivity index (χ4v) is 4.25. The quantitative estimate of drug-likeness (QED) is 0.230. The van der Waals surface area contributed by atoms with Gasteiger partial charge < -0.3 is 24.4 Å². The first-order valence-corrected chi connectivity index (χ1v) is 13.0. The average Bonchev–Trinajstić information content (AvgIpc) is 2.87. The third-order valence-corrected chi connectivity index (χ3v) is 6.55. The lowest BCUT2D eigenvalue weighted by molar-refractivity contribution is -0.153. The van der Waals surface area contributed by atoms with Crippen LogP contribution in [0.5, 0.6) is 11.5 Å². The van der Waals surface area contributed by atoms with Crippen LogP contribution in [0.4, 0.5) is 33.9 Å². The number of benzene rings is 2. The van der Waals surface area contributed by atoms with Crippen molar-refractivity contribution in [1.82, 2.24) is 14.9 Å². The molecular formula is C26H26Cl2F4N4O4. The molecule has 0 atom stereocenters. The van der Waals surface area contributed by atoms with E-state index in [1.165, 1.54) is 30.6 Å². The molecule has 0 spiro atoms. The summed E-state index contributed by atoms with van der Waals surface area (Å²) >= 11 is 11.8. The highest BCUT2D eigenvalue weighted by Crippen LogP contribution is 2.38. The number of amides is 1. The minimum atomic E-state index is -4.59. The average molecular weight is 605 g/mol. The van der Waals surface area contributed by atoms with Crippen molar-refractivity contribution in [2.45, 2.75) is 51.5 Å². The Bertz CT molecular complexity index is 1390. The number of nitrogens with one attached hydrogen (secondary N) is 1. The van der Waals surface area contributed by atoms with Gasteiger partial charge in [-0.2, -0.15) is 13.2 Å². The maximum absolute atomic E-state index is 14.7. The van der Waals surface area contributed by atoms with Crippen LogP contribution in [0.25, 0.3) is 10.9 Å². The molecule has 0 bridgehead atoms. The molecule has 2 aromatic carbocycles. The van der Waals surface area contributed by atoms with Crippen molar-refractivity contribution in [3.63, 3.8) is 0 Å². The monoisotopic (exact) mass is 604 g/mol. The molecule has 1 fully saturated rings. The molecule has 3 aromatic rings. The molecule has 1 amide bonds. The Morgan fingerprint density at radius 2 is 1.80 bits per heavy atom. The Labute approximate surface area is 237 Å². The summed E-state index contributed by atoms with van der Waals surface area (Å²) < 4.78 is 70.2. The molecule has 4 rings (SSSR count). The first-order valence-electron chi connectivity index (χ1n) is 12.2. The molecule has 1 aliphatic rings. The van der Waals surface area contributed by atoms with Crippen LogP contribution in [0.15, 0.2) is 30.6 Å². The number of nitrogens with zero attached hydrogens (tertiary/aromatic N) is 3. The van der Waals surface area contributed by atoms with Gasteiger partial charge in [-0.3, -0.25) is 0 Å². The van der Waals surface area contributed by atoms with Crippen LogP contribution < -0.4 is 14.8 Å². The smallest absolute Gasteiger partial charge is 0.422 e. The van der Waals surface area contributed by atoms with Crippen molar-refractivity contribution in [3.05, 3.63) is 46.5 Å². The number of piperidine rings is 1. The number of hydrogen-bond acceptors (Lipinski definition) is 7. The zero-order valence-electron chi connectivity index (χ0n) is 21.7. The number of hydrogen-bond donors (Lipinski definition) is 1. The summed E-state index contributed by atoms with van der Waals surface area (Å²) in [7, 11) is 0. The van der Waals surface area contributed by atoms with Crippen LogP contribution in [-0.2, 0) is 4.74 Å². The topological polar surface area (TPSA) is 85.8 Å². The zero-order chi connectivity index (χ0) is 29.2. The van der Waals surface area contributed by atoms with E-state index in [0.717, 1.165) is 0 Å². The molecule has 216 valence electrons. The van der Waals surface area contributed by atoms with Crippen molar-refractivity contribution < 1.29 is 36.6 Å². The van der Waals surface area contributed by atoms with Crippen LogP contribution in [-0.4, -0.2) is 58.5 Å². The Hall–Kier alpha value is -3.25. The van der Waals surface area contributed by atoms with Gasteiger partial charge in [0.2, 0.25) is 0 Å². The molecule has 14 heteroatoms. The molecule has 0 radical (unpaired) electrons. The number of alkyl halides is 3. The molecule has 1 aromatic heterocycles. The molecule has 0 aliphatic carbocycles. The predicted molar refractivity (Wildman–Crippen MR) is 142 cm³/mol. The molecule has 1 aliphatic heterocycles. The Balaban J connectivity index is 1.61. The summed E-state index contributed by atoms with van der Waals surface area (Å²) in [6, 6.07) is 5.50. The van der Waals surface area contributed by atoms with E-state index in [-0.39, 0.29) is 38.6 Å². The molecule has 0 unspecified atom stereocenters. The number of likely N-dealkylation sites (tertiary alicyclic amines) is 1. The van der Waals surface area contributed by atoms with Crippen molar-refractivity contribution in [2.75, 3.05) is 25.0 Å². The fraction of sp³-hybridized carbons (Fsp3) is 0.423. The van der Waals surface area contributed by atoms with Crippen LogP contribution in [0, 0.1) is 5.82 Å². The van der Waals surface area contributed by atoms with E-state index in [4.69, 9.17) is 37.4 Å². The number of carbonyl (C=O) groups is 1. The van der Waals surface area contributed by atoms with Gasteiger partial charge >= 0.3 is 12.3 Å². The molecule has 1 N–H and O–H groups in total. The second-order valence-electron chi connectivity index (χ2n) is 10.1. The maximum atomic E-state index is 14.7. The van der Waals surface area contributed by atoms with E-state index in [1.807, 2.05) is 0 Å². The van der Waals surface area contributed by atoms with Gasteiger partial charge in [-0.1, -0.05) is 23.2 Å². The SMILES string of the molecule is CC(C)(C)OC(=O)N1CCC(Oc2cc3c(Nc4ccc(Cl)c(Cl)c4F)ncnc3cc2OCC(F)(F)F)CC1. The second kappa shape index (κ2) is 11.7. The standard InChI is InChI=1S/C26H26Cl2F4N4O4/c1-25(2,3)40-24(37)36-8-6-14(7-9-36)39-20-10-15-18(11-19(20)38-12-26(30,31)32)33-13-34-23(15)35-17-5-4-16(27)21(28)22(17)29/h4-5,10-11,13-14H,6-9,12H2,1-3H3,(H,33,34,35). The third kappa shape index (κ3) is 7.48. The summed E-state index contributed by atoms with van der Waals surface area (Å²) in [6.45, 7) is 4.43. The molecule has 0 saturated carbocycles. The van der Waals surface area contributed by atoms with Gasteiger partial charge in [-0.15, -0.1) is 0 Å². The minimum absolute atomic E-state index is 0.0138. The lowest BCUT2D eigenvalue weighted by Gasteiger charge is -2.33. The summed E-state index contributed by atoms with van der Waals surface area (Å²) in [6.07, 6.45) is -3.50. The number of rotatable bonds is 6. The predicted octanol–water partition coefficient (Wildman–Crippen LogP) is 7.54. The van der Waals surface area contributed by atoms with E-state index < -0.39 is 36.4 Å². The third-order valence-electron chi connectivity index (χ3n) is 5.77. The van der Waals surface area contributed by atoms with Gasteiger partial charge in [0.05, 0.1) is 21.2 Å². The van der Waals surface area contributed by atoms with Crippen molar-refractivity contribution in [3.8, 4) is 11.5 Å². The first-order chi connectivity index (χ1) is 18.7. The first kappa shape index (κ1) is 29.7. The normalized spacial score (nSPS) is 14.8. The molecule has 40 heavy (non-hydrogen) atoms. The molecule has 1 saturated heterocycles. The van der Waals surface area contributed by atoms with Crippen molar-refractivity contribution >= 4 is 51.7 Å². The summed E-state index contributed by atoms with van der Waals surface area (Å²) in [5.41, 5.74) is -0.445. The van der Waals surface area contributed by atoms with Gasteiger partial charge in [-0.05, 0) is 39.0 Å². The van der Waals surface area contributed by atoms with E-state index >= 15 is 0 Å². The Morgan fingerprint density at radius 3 is 2.45 bits per heavy atom. The summed E-state index contributed by atoms with van der Waals surface area (Å²) in [5, 5.41) is 2.89. The van der Waals surface area contributed by atoms with Gasteiger partial charge in [0.15, 0.2) is 23.9 Å². The highest BCUT2D eigenvalue weighted by atomic mass is 35.5. The second-order valence-corrected chi connectivity index (χ2v) is 10.9. The Kier molecular flexibility index (Phi) is 8.69. The van der Waals surface area contributed by atoms with Crippen molar-refractivity contribution in [1.29, 1.82) is 0 Å². The highest BCUT2D eigenvalue weighted by molar-refractivity contribution is 6.42. The van der Waals surface area contributed by atoms with Gasteiger partial charge in [0.25, 0.3) is 0 Å². The Morgan fingerprint density at radius 1 is 1.10 bits per heavy atom. The highest BCUT2D eigenvalue weighted by Gasteiger charge is 2.31. The van der Waals surface area contributed by atoms with Crippen LogP contribution >= 0.6 is 23.2 Å². The number of anilines is 2. The number of ether oxygens (including phenoxy) is 3. The minimum Gasteiger partial charge on any atom is -0.486 e. The molecule has 2 heterocycles. The van der Waals surface area contributed by atoms with E-state index in [9.17, 15) is 22.4 Å². The number of carbonyl (C=O) groups excluding carboxylic acids is 1. The van der Waals surface area contributed by atoms with Crippen LogP contribution in [0.3, 0.4) is 0 Å². The van der Waals surface area contributed by atoms with E-state index in [2.05, 4.69) is 15.3 Å².